The number of nitrogens with zero attached hydrogens (tertiary/aromatic N) is 2. The molecule has 2 N–H and O–H groups in total. The molecule has 1 aromatic carbocycles. The van der Waals surface area contributed by atoms with E-state index in [1.54, 1.807) is 17.4 Å². The lowest BCUT2D eigenvalue weighted by Crippen LogP contribution is -2.10. The van der Waals surface area contributed by atoms with E-state index in [1.165, 1.54) is 23.9 Å². The highest BCUT2D eigenvalue weighted by Crippen LogP contribution is 2.25. The van der Waals surface area contributed by atoms with Gasteiger partial charge in [0.05, 0.1) is 5.75 Å². The molecule has 3 aromatic rings. The highest BCUT2D eigenvalue weighted by Gasteiger charge is 2.17. The predicted octanol–water partition coefficient (Wildman–Crippen LogP) is 3.61. The molecular formula is C14H12FN3OS2. The van der Waals surface area contributed by atoms with Crippen LogP contribution in [-0.4, -0.2) is 10.1 Å². The van der Waals surface area contributed by atoms with Crippen LogP contribution in [0.25, 0.3) is 0 Å². The molecule has 1 unspecified atom stereocenters. The second kappa shape index (κ2) is 6.38. The van der Waals surface area contributed by atoms with E-state index in [0.29, 0.717) is 17.5 Å². The summed E-state index contributed by atoms with van der Waals surface area (Å²) >= 11 is 2.99. The maximum atomic E-state index is 13.1. The van der Waals surface area contributed by atoms with Crippen molar-refractivity contribution in [3.05, 3.63) is 64.2 Å². The highest BCUT2D eigenvalue weighted by atomic mass is 32.2. The van der Waals surface area contributed by atoms with Crippen molar-refractivity contribution in [3.63, 3.8) is 0 Å². The zero-order chi connectivity index (χ0) is 14.7. The van der Waals surface area contributed by atoms with Crippen LogP contribution in [0.4, 0.5) is 4.39 Å². The molecule has 108 valence electrons. The van der Waals surface area contributed by atoms with Crippen LogP contribution in [0.2, 0.25) is 0 Å². The van der Waals surface area contributed by atoms with Crippen molar-refractivity contribution in [1.82, 2.24) is 10.1 Å². The molecule has 0 saturated carbocycles. The molecule has 3 rings (SSSR count). The predicted molar refractivity (Wildman–Crippen MR) is 80.6 cm³/mol. The van der Waals surface area contributed by atoms with Crippen LogP contribution in [0.15, 0.2) is 51.2 Å². The summed E-state index contributed by atoms with van der Waals surface area (Å²) in [7, 11) is 0. The molecule has 1 atom stereocenters. The molecule has 2 heterocycles. The topological polar surface area (TPSA) is 64.9 Å². The molecule has 7 heteroatoms. The average molecular weight is 321 g/mol. The van der Waals surface area contributed by atoms with Crippen LogP contribution in [0.1, 0.15) is 22.6 Å². The van der Waals surface area contributed by atoms with Gasteiger partial charge in [-0.2, -0.15) is 4.98 Å². The Balaban J connectivity index is 1.65. The molecule has 0 aliphatic rings. The molecule has 0 aliphatic heterocycles. The third kappa shape index (κ3) is 3.49. The number of nitrogens with two attached hydrogens (primary N) is 1. The lowest BCUT2D eigenvalue weighted by atomic mass is 10.2. The fourth-order valence-electron chi connectivity index (χ4n) is 1.75. The van der Waals surface area contributed by atoms with Crippen molar-refractivity contribution < 1.29 is 8.91 Å². The van der Waals surface area contributed by atoms with E-state index < -0.39 is 6.04 Å². The Bertz CT molecular complexity index is 715. The Morgan fingerprint density at radius 2 is 2.24 bits per heavy atom. The Kier molecular flexibility index (Phi) is 4.33. The van der Waals surface area contributed by atoms with Gasteiger partial charge >= 0.3 is 0 Å². The van der Waals surface area contributed by atoms with E-state index in [9.17, 15) is 4.39 Å². The first-order chi connectivity index (χ1) is 10.2. The van der Waals surface area contributed by atoms with Crippen LogP contribution >= 0.6 is 23.1 Å². The standard InChI is InChI=1S/C14H12FN3OS2/c15-9-3-1-4-10(7-9)21-8-12-17-14(19-18-12)13(16)11-5-2-6-20-11/h1-7,13H,8,16H2. The number of aromatic nitrogens is 2. The summed E-state index contributed by atoms with van der Waals surface area (Å²) < 4.78 is 18.3. The van der Waals surface area contributed by atoms with Crippen molar-refractivity contribution in [2.45, 2.75) is 16.7 Å². The normalized spacial score (nSPS) is 12.5. The van der Waals surface area contributed by atoms with E-state index in [4.69, 9.17) is 10.3 Å². The molecule has 4 nitrogen and oxygen atoms in total. The Morgan fingerprint density at radius 3 is 3.00 bits per heavy atom. The van der Waals surface area contributed by atoms with Gasteiger partial charge in [0.1, 0.15) is 11.9 Å². The smallest absolute Gasteiger partial charge is 0.249 e. The van der Waals surface area contributed by atoms with Crippen LogP contribution in [0.5, 0.6) is 0 Å². The number of hydrogen-bond acceptors (Lipinski definition) is 6. The van der Waals surface area contributed by atoms with Crippen molar-refractivity contribution in [2.24, 2.45) is 5.73 Å². The molecule has 0 aliphatic carbocycles. The van der Waals surface area contributed by atoms with E-state index in [1.807, 2.05) is 23.6 Å². The summed E-state index contributed by atoms with van der Waals surface area (Å²) in [6, 6.07) is 9.86. The van der Waals surface area contributed by atoms with Crippen molar-refractivity contribution >= 4 is 23.1 Å². The number of halogens is 1. The van der Waals surface area contributed by atoms with Gasteiger partial charge < -0.3 is 10.3 Å². The first kappa shape index (κ1) is 14.2. The van der Waals surface area contributed by atoms with Crippen LogP contribution in [0.3, 0.4) is 0 Å². The quantitative estimate of drug-likeness (QED) is 0.727. The third-order valence-electron chi connectivity index (χ3n) is 2.76. The first-order valence-corrected chi connectivity index (χ1v) is 8.09. The van der Waals surface area contributed by atoms with Gasteiger partial charge in [0.25, 0.3) is 0 Å². The van der Waals surface area contributed by atoms with E-state index in [2.05, 4.69) is 10.1 Å². The number of hydrogen-bond donors (Lipinski definition) is 1. The minimum absolute atomic E-state index is 0.256. The second-order valence-corrected chi connectivity index (χ2v) is 6.32. The summed E-state index contributed by atoms with van der Waals surface area (Å²) in [5, 5.41) is 5.86. The number of thioether (sulfide) groups is 1. The maximum absolute atomic E-state index is 13.1. The van der Waals surface area contributed by atoms with Gasteiger partial charge in [0.15, 0.2) is 5.82 Å². The van der Waals surface area contributed by atoms with Crippen molar-refractivity contribution in [3.8, 4) is 0 Å². The summed E-state index contributed by atoms with van der Waals surface area (Å²) in [4.78, 5) is 6.09. The molecule has 0 saturated heterocycles. The monoisotopic (exact) mass is 321 g/mol. The molecule has 21 heavy (non-hydrogen) atoms. The Labute approximate surface area is 129 Å². The Morgan fingerprint density at radius 1 is 1.33 bits per heavy atom. The fraction of sp³-hybridized carbons (Fsp3) is 0.143. The lowest BCUT2D eigenvalue weighted by Gasteiger charge is -2.01. The van der Waals surface area contributed by atoms with Gasteiger partial charge in [-0.15, -0.1) is 23.1 Å². The zero-order valence-electron chi connectivity index (χ0n) is 10.9. The summed E-state index contributed by atoms with van der Waals surface area (Å²) in [5.41, 5.74) is 6.06. The molecular weight excluding hydrogens is 309 g/mol. The first-order valence-electron chi connectivity index (χ1n) is 6.22. The largest absolute Gasteiger partial charge is 0.337 e. The Hall–Kier alpha value is -1.70. The third-order valence-corrected chi connectivity index (χ3v) is 4.71. The van der Waals surface area contributed by atoms with Gasteiger partial charge in [0, 0.05) is 9.77 Å². The SMILES string of the molecule is NC(c1nc(CSc2cccc(F)c2)no1)c1cccs1. The van der Waals surface area contributed by atoms with Crippen molar-refractivity contribution in [1.29, 1.82) is 0 Å². The molecule has 0 amide bonds. The molecule has 2 aromatic heterocycles. The van der Waals surface area contributed by atoms with Crippen molar-refractivity contribution in [2.75, 3.05) is 0 Å². The maximum Gasteiger partial charge on any atom is 0.249 e. The van der Waals surface area contributed by atoms with Gasteiger partial charge in [-0.05, 0) is 29.6 Å². The summed E-state index contributed by atoms with van der Waals surface area (Å²) in [6.07, 6.45) is 0. The van der Waals surface area contributed by atoms with Gasteiger partial charge in [-0.25, -0.2) is 4.39 Å². The summed E-state index contributed by atoms with van der Waals surface area (Å²) in [6.45, 7) is 0. The van der Waals surface area contributed by atoms with Crippen LogP contribution in [0, 0.1) is 5.82 Å². The van der Waals surface area contributed by atoms with E-state index in [0.717, 1.165) is 9.77 Å². The van der Waals surface area contributed by atoms with Crippen LogP contribution < -0.4 is 5.73 Å². The number of thiophene rings is 1. The lowest BCUT2D eigenvalue weighted by molar-refractivity contribution is 0.364. The average Bonchev–Trinajstić information content (AvgIpc) is 3.16. The van der Waals surface area contributed by atoms with Gasteiger partial charge in [-0.1, -0.05) is 17.3 Å². The number of rotatable bonds is 5. The number of benzene rings is 1. The van der Waals surface area contributed by atoms with Gasteiger partial charge in [0.2, 0.25) is 5.89 Å². The van der Waals surface area contributed by atoms with Gasteiger partial charge in [-0.3, -0.25) is 0 Å². The zero-order valence-corrected chi connectivity index (χ0v) is 12.5. The molecule has 0 bridgehead atoms. The second-order valence-electron chi connectivity index (χ2n) is 4.29. The summed E-state index contributed by atoms with van der Waals surface area (Å²) in [5.74, 6) is 1.19. The van der Waals surface area contributed by atoms with Crippen LogP contribution in [-0.2, 0) is 5.75 Å². The van der Waals surface area contributed by atoms with E-state index >= 15 is 0 Å². The van der Waals surface area contributed by atoms with E-state index in [-0.39, 0.29) is 5.82 Å². The minimum atomic E-state index is -0.398. The highest BCUT2D eigenvalue weighted by molar-refractivity contribution is 7.98. The minimum Gasteiger partial charge on any atom is -0.337 e. The molecule has 0 spiro atoms. The fourth-order valence-corrected chi connectivity index (χ4v) is 3.25. The molecule has 0 fully saturated rings. The molecule has 0 radical (unpaired) electrons.